The topological polar surface area (TPSA) is 75.7 Å². The molecular formula is C26H16Cl2F4N2O4S. The van der Waals surface area contributed by atoms with Crippen LogP contribution in [0.2, 0.25) is 10.0 Å². The van der Waals surface area contributed by atoms with Crippen LogP contribution in [0.5, 0.6) is 5.75 Å². The molecule has 3 amide bonds. The Labute approximate surface area is 233 Å². The minimum Gasteiger partial charge on any atom is -0.486 e. The number of rotatable bonds is 7. The van der Waals surface area contributed by atoms with E-state index in [2.05, 4.69) is 5.32 Å². The van der Waals surface area contributed by atoms with Gasteiger partial charge in [-0.2, -0.15) is 13.2 Å². The second kappa shape index (κ2) is 11.7. The van der Waals surface area contributed by atoms with Crippen LogP contribution in [-0.4, -0.2) is 28.5 Å². The van der Waals surface area contributed by atoms with Gasteiger partial charge in [-0.1, -0.05) is 41.4 Å². The first-order chi connectivity index (χ1) is 18.4. The lowest BCUT2D eigenvalue weighted by Gasteiger charge is -2.13. The quantitative estimate of drug-likeness (QED) is 0.226. The van der Waals surface area contributed by atoms with Gasteiger partial charge < -0.3 is 10.1 Å². The molecule has 13 heteroatoms. The minimum atomic E-state index is -4.60. The number of nitrogens with zero attached hydrogens (tertiary/aromatic N) is 1. The van der Waals surface area contributed by atoms with E-state index in [1.807, 2.05) is 0 Å². The van der Waals surface area contributed by atoms with Gasteiger partial charge in [-0.15, -0.1) is 0 Å². The molecule has 0 bridgehead atoms. The Morgan fingerprint density at radius 2 is 1.69 bits per heavy atom. The molecule has 3 aromatic rings. The summed E-state index contributed by atoms with van der Waals surface area (Å²) in [5.41, 5.74) is -0.0432. The van der Waals surface area contributed by atoms with Crippen LogP contribution in [-0.2, 0) is 22.4 Å². The Bertz CT molecular complexity index is 1460. The van der Waals surface area contributed by atoms with Gasteiger partial charge in [0.15, 0.2) is 5.75 Å². The summed E-state index contributed by atoms with van der Waals surface area (Å²) in [5, 5.41) is 1.76. The van der Waals surface area contributed by atoms with Crippen molar-refractivity contribution in [2.45, 2.75) is 12.8 Å². The number of carbonyl (C=O) groups is 3. The normalized spacial score (nSPS) is 14.7. The van der Waals surface area contributed by atoms with E-state index in [-0.39, 0.29) is 38.8 Å². The minimum absolute atomic E-state index is 0.0148. The van der Waals surface area contributed by atoms with Crippen molar-refractivity contribution in [1.82, 2.24) is 4.90 Å². The highest BCUT2D eigenvalue weighted by Crippen LogP contribution is 2.38. The molecule has 6 nitrogen and oxygen atoms in total. The van der Waals surface area contributed by atoms with Gasteiger partial charge in [-0.3, -0.25) is 19.3 Å². The van der Waals surface area contributed by atoms with Crippen LogP contribution < -0.4 is 10.1 Å². The lowest BCUT2D eigenvalue weighted by molar-refractivity contribution is -0.137. The highest BCUT2D eigenvalue weighted by atomic mass is 35.5. The van der Waals surface area contributed by atoms with Crippen molar-refractivity contribution < 1.29 is 36.7 Å². The molecule has 1 fully saturated rings. The van der Waals surface area contributed by atoms with Crippen LogP contribution in [0.1, 0.15) is 16.7 Å². The largest absolute Gasteiger partial charge is 0.486 e. The summed E-state index contributed by atoms with van der Waals surface area (Å²) in [7, 11) is 0. The Balaban J connectivity index is 1.42. The van der Waals surface area contributed by atoms with E-state index in [4.69, 9.17) is 27.9 Å². The number of imide groups is 1. The molecule has 39 heavy (non-hydrogen) atoms. The summed E-state index contributed by atoms with van der Waals surface area (Å²) in [6.07, 6.45) is -3.24. The maximum Gasteiger partial charge on any atom is 0.416 e. The Morgan fingerprint density at radius 3 is 2.33 bits per heavy atom. The monoisotopic (exact) mass is 598 g/mol. The fraction of sp³-hybridized carbons (Fsp3) is 0.115. The second-order valence-corrected chi connectivity index (χ2v) is 9.93. The zero-order chi connectivity index (χ0) is 28.3. The maximum atomic E-state index is 13.1. The second-order valence-electron chi connectivity index (χ2n) is 8.12. The van der Waals surface area contributed by atoms with Crippen LogP contribution in [0.15, 0.2) is 65.6 Å². The van der Waals surface area contributed by atoms with Crippen LogP contribution in [0, 0.1) is 5.82 Å². The van der Waals surface area contributed by atoms with Gasteiger partial charge in [0.2, 0.25) is 5.91 Å². The van der Waals surface area contributed by atoms with Gasteiger partial charge >= 0.3 is 6.18 Å². The molecular weight excluding hydrogens is 583 g/mol. The molecule has 0 aliphatic carbocycles. The molecule has 1 saturated heterocycles. The van der Waals surface area contributed by atoms with Crippen LogP contribution >= 0.6 is 35.0 Å². The number of halogens is 6. The fourth-order valence-corrected chi connectivity index (χ4v) is 4.89. The van der Waals surface area contributed by atoms with E-state index in [0.717, 1.165) is 18.2 Å². The standard InChI is InChI=1S/C26H16Cl2F4N2O4S/c27-19-8-15(9-20(28)23(19)38-13-14-4-6-17(29)7-5-14)10-21-24(36)34(25(37)39-21)12-22(35)33-18-3-1-2-16(11-18)26(30,31)32/h1-11H,12-13H2,(H,33,35)/b21-10-. The number of anilines is 1. The molecule has 1 N–H and O–H groups in total. The SMILES string of the molecule is O=C(CN1C(=O)S/C(=C\c2cc(Cl)c(OCc3ccc(F)cc3)c(Cl)c2)C1=O)Nc1cccc(C(F)(F)F)c1. The van der Waals surface area contributed by atoms with E-state index >= 15 is 0 Å². The Morgan fingerprint density at radius 1 is 1.03 bits per heavy atom. The number of ether oxygens (including phenoxy) is 1. The maximum absolute atomic E-state index is 13.1. The van der Waals surface area contributed by atoms with Crippen LogP contribution in [0.25, 0.3) is 6.08 Å². The number of benzene rings is 3. The molecule has 1 aliphatic rings. The van der Waals surface area contributed by atoms with Gasteiger partial charge in [-0.25, -0.2) is 4.39 Å². The number of thioether (sulfide) groups is 1. The number of alkyl halides is 3. The van der Waals surface area contributed by atoms with E-state index in [1.54, 1.807) is 12.1 Å². The van der Waals surface area contributed by atoms with Crippen molar-refractivity contribution in [3.63, 3.8) is 0 Å². The van der Waals surface area contributed by atoms with Gasteiger partial charge in [-0.05, 0) is 71.4 Å². The zero-order valence-corrected chi connectivity index (χ0v) is 21.8. The highest BCUT2D eigenvalue weighted by Gasteiger charge is 2.36. The van der Waals surface area contributed by atoms with Gasteiger partial charge in [0.1, 0.15) is 19.0 Å². The molecule has 0 aromatic heterocycles. The third kappa shape index (κ3) is 7.11. The molecule has 1 heterocycles. The van der Waals surface area contributed by atoms with Gasteiger partial charge in [0, 0.05) is 5.69 Å². The highest BCUT2D eigenvalue weighted by molar-refractivity contribution is 8.18. The van der Waals surface area contributed by atoms with Gasteiger partial charge in [0.05, 0.1) is 20.5 Å². The molecule has 0 saturated carbocycles. The van der Waals surface area contributed by atoms with E-state index < -0.39 is 35.3 Å². The van der Waals surface area contributed by atoms with Crippen molar-refractivity contribution in [1.29, 1.82) is 0 Å². The Hall–Kier alpha value is -3.54. The summed E-state index contributed by atoms with van der Waals surface area (Å²) < 4.78 is 57.4. The molecule has 1 aliphatic heterocycles. The molecule has 0 atom stereocenters. The summed E-state index contributed by atoms with van der Waals surface area (Å²) in [6.45, 7) is -0.629. The van der Waals surface area contributed by atoms with Crippen molar-refractivity contribution in [2.75, 3.05) is 11.9 Å². The lowest BCUT2D eigenvalue weighted by Crippen LogP contribution is -2.36. The zero-order valence-electron chi connectivity index (χ0n) is 19.5. The third-order valence-corrected chi connectivity index (χ3v) is 6.73. The predicted octanol–water partition coefficient (Wildman–Crippen LogP) is 7.41. The molecule has 0 spiro atoms. The number of hydrogen-bond acceptors (Lipinski definition) is 5. The van der Waals surface area contributed by atoms with E-state index in [0.29, 0.717) is 27.8 Å². The summed E-state index contributed by atoms with van der Waals surface area (Å²) >= 11 is 13.2. The van der Waals surface area contributed by atoms with Gasteiger partial charge in [0.25, 0.3) is 11.1 Å². The van der Waals surface area contributed by atoms with Crippen LogP contribution in [0.4, 0.5) is 28.0 Å². The summed E-state index contributed by atoms with van der Waals surface area (Å²) in [5.74, 6) is -1.85. The molecule has 0 unspecified atom stereocenters. The number of amides is 3. The third-order valence-electron chi connectivity index (χ3n) is 5.26. The van der Waals surface area contributed by atoms with Crippen molar-refractivity contribution in [3.8, 4) is 5.75 Å². The van der Waals surface area contributed by atoms with Crippen molar-refractivity contribution >= 4 is 63.8 Å². The first-order valence-corrected chi connectivity index (χ1v) is 12.6. The Kier molecular flexibility index (Phi) is 8.53. The molecule has 202 valence electrons. The molecule has 3 aromatic carbocycles. The number of hydrogen-bond donors (Lipinski definition) is 1. The van der Waals surface area contributed by atoms with Crippen LogP contribution in [0.3, 0.4) is 0 Å². The molecule has 4 rings (SSSR count). The van der Waals surface area contributed by atoms with E-state index in [1.165, 1.54) is 36.4 Å². The number of nitrogens with one attached hydrogen (secondary N) is 1. The smallest absolute Gasteiger partial charge is 0.416 e. The first-order valence-electron chi connectivity index (χ1n) is 11.0. The lowest BCUT2D eigenvalue weighted by atomic mass is 10.2. The first kappa shape index (κ1) is 28.5. The molecule has 0 radical (unpaired) electrons. The summed E-state index contributed by atoms with van der Waals surface area (Å²) in [6, 6.07) is 12.5. The summed E-state index contributed by atoms with van der Waals surface area (Å²) in [4.78, 5) is 38.2. The average Bonchev–Trinajstić information content (AvgIpc) is 3.11. The fourth-order valence-electron chi connectivity index (χ4n) is 3.44. The predicted molar refractivity (Wildman–Crippen MR) is 140 cm³/mol. The average molecular weight is 599 g/mol. The van der Waals surface area contributed by atoms with Crippen molar-refractivity contribution in [3.05, 3.63) is 98.1 Å². The van der Waals surface area contributed by atoms with E-state index in [9.17, 15) is 31.9 Å². The number of carbonyl (C=O) groups excluding carboxylic acids is 3. The van der Waals surface area contributed by atoms with Crippen molar-refractivity contribution in [2.24, 2.45) is 0 Å².